The summed E-state index contributed by atoms with van der Waals surface area (Å²) in [6.45, 7) is 1.91. The molecule has 0 atom stereocenters. The minimum atomic E-state index is -0.277. The van der Waals surface area contributed by atoms with E-state index in [1.54, 1.807) is 24.5 Å². The first-order chi connectivity index (χ1) is 12.2. The Bertz CT molecular complexity index is 713. The van der Waals surface area contributed by atoms with Gasteiger partial charge in [0.2, 0.25) is 5.91 Å². The van der Waals surface area contributed by atoms with Crippen LogP contribution in [-0.4, -0.2) is 29.1 Å². The van der Waals surface area contributed by atoms with E-state index in [9.17, 15) is 14.3 Å². The van der Waals surface area contributed by atoms with Gasteiger partial charge >= 0.3 is 0 Å². The predicted molar refractivity (Wildman–Crippen MR) is 93.3 cm³/mol. The van der Waals surface area contributed by atoms with Gasteiger partial charge in [-0.3, -0.25) is 9.78 Å². The van der Waals surface area contributed by atoms with Crippen molar-refractivity contribution in [2.75, 3.05) is 18.0 Å². The van der Waals surface area contributed by atoms with Gasteiger partial charge in [0.1, 0.15) is 5.82 Å². The number of aliphatic hydroxyl groups excluding tert-OH is 1. The number of carbonyl (C=O) groups excluding carboxylic acids is 1. The van der Waals surface area contributed by atoms with Crippen molar-refractivity contribution in [1.82, 2.24) is 10.3 Å². The molecule has 1 fully saturated rings. The van der Waals surface area contributed by atoms with Gasteiger partial charge in [0.05, 0.1) is 6.61 Å². The number of nitrogens with one attached hydrogen (secondary N) is 1. The molecule has 0 radical (unpaired) electrons. The van der Waals surface area contributed by atoms with Gasteiger partial charge in [-0.15, -0.1) is 0 Å². The van der Waals surface area contributed by atoms with Crippen LogP contribution in [0.3, 0.4) is 0 Å². The van der Waals surface area contributed by atoms with E-state index < -0.39 is 0 Å². The highest BCUT2D eigenvalue weighted by molar-refractivity contribution is 5.79. The summed E-state index contributed by atoms with van der Waals surface area (Å²) in [4.78, 5) is 18.6. The maximum atomic E-state index is 12.9. The summed E-state index contributed by atoms with van der Waals surface area (Å²) in [5.41, 5.74) is 2.68. The Morgan fingerprint density at radius 1 is 1.24 bits per heavy atom. The molecule has 132 valence electrons. The highest BCUT2D eigenvalue weighted by atomic mass is 19.1. The average molecular weight is 343 g/mol. The van der Waals surface area contributed by atoms with E-state index in [1.165, 1.54) is 12.1 Å². The number of halogens is 1. The number of amides is 1. The number of aliphatic hydroxyl groups is 1. The van der Waals surface area contributed by atoms with E-state index in [-0.39, 0.29) is 24.2 Å². The zero-order valence-corrected chi connectivity index (χ0v) is 14.0. The highest BCUT2D eigenvalue weighted by Crippen LogP contribution is 2.26. The number of hydrogen-bond acceptors (Lipinski definition) is 4. The minimum Gasteiger partial charge on any atom is -0.392 e. The third-order valence-electron chi connectivity index (χ3n) is 4.63. The summed E-state index contributed by atoms with van der Waals surface area (Å²) < 4.78 is 12.9. The Labute approximate surface area is 146 Å². The highest BCUT2D eigenvalue weighted by Gasteiger charge is 2.25. The van der Waals surface area contributed by atoms with Crippen LogP contribution >= 0.6 is 0 Å². The van der Waals surface area contributed by atoms with Crippen molar-refractivity contribution < 1.29 is 14.3 Å². The molecule has 1 aliphatic rings. The van der Waals surface area contributed by atoms with Crippen LogP contribution < -0.4 is 10.2 Å². The molecule has 25 heavy (non-hydrogen) atoms. The van der Waals surface area contributed by atoms with E-state index in [1.807, 2.05) is 6.07 Å². The lowest BCUT2D eigenvalue weighted by molar-refractivity contribution is -0.125. The number of benzene rings is 1. The van der Waals surface area contributed by atoms with E-state index in [0.717, 1.165) is 42.7 Å². The molecule has 5 nitrogen and oxygen atoms in total. The second-order valence-electron chi connectivity index (χ2n) is 6.27. The van der Waals surface area contributed by atoms with E-state index in [0.29, 0.717) is 6.54 Å². The molecule has 6 heteroatoms. The first kappa shape index (κ1) is 17.4. The molecule has 3 rings (SSSR count). The molecule has 1 aliphatic heterocycles. The zero-order valence-electron chi connectivity index (χ0n) is 14.0. The summed E-state index contributed by atoms with van der Waals surface area (Å²) in [5, 5.41) is 12.4. The number of rotatable bonds is 5. The number of pyridine rings is 1. The van der Waals surface area contributed by atoms with Gasteiger partial charge in [-0.2, -0.15) is 0 Å². The van der Waals surface area contributed by atoms with Crippen molar-refractivity contribution in [2.24, 2.45) is 5.92 Å². The van der Waals surface area contributed by atoms with Gasteiger partial charge in [0.15, 0.2) is 0 Å². The lowest BCUT2D eigenvalue weighted by Crippen LogP contribution is -2.40. The molecular formula is C19H22FN3O2. The number of nitrogens with zero attached hydrogens (tertiary/aromatic N) is 2. The Balaban J connectivity index is 1.51. The van der Waals surface area contributed by atoms with Crippen LogP contribution in [0.4, 0.5) is 10.1 Å². The third kappa shape index (κ3) is 4.33. The maximum Gasteiger partial charge on any atom is 0.223 e. The Kier molecular flexibility index (Phi) is 5.60. The molecule has 0 saturated carbocycles. The van der Waals surface area contributed by atoms with Gasteiger partial charge < -0.3 is 15.3 Å². The van der Waals surface area contributed by atoms with Crippen molar-refractivity contribution in [1.29, 1.82) is 0 Å². The summed E-state index contributed by atoms with van der Waals surface area (Å²) in [5.74, 6) is -0.252. The van der Waals surface area contributed by atoms with Crippen LogP contribution in [0.2, 0.25) is 0 Å². The van der Waals surface area contributed by atoms with Crippen molar-refractivity contribution >= 4 is 11.6 Å². The number of carbonyl (C=O) groups is 1. The molecule has 1 amide bonds. The van der Waals surface area contributed by atoms with E-state index in [4.69, 9.17) is 0 Å². The monoisotopic (exact) mass is 343 g/mol. The van der Waals surface area contributed by atoms with Gasteiger partial charge in [0, 0.05) is 49.2 Å². The molecule has 1 saturated heterocycles. The van der Waals surface area contributed by atoms with Crippen LogP contribution in [0, 0.1) is 11.7 Å². The molecule has 0 bridgehead atoms. The molecule has 0 spiro atoms. The number of aromatic nitrogens is 1. The normalized spacial score (nSPS) is 15.2. The Morgan fingerprint density at radius 2 is 1.96 bits per heavy atom. The lowest BCUT2D eigenvalue weighted by atomic mass is 9.95. The minimum absolute atomic E-state index is 0.0175. The van der Waals surface area contributed by atoms with Crippen LogP contribution in [0.1, 0.15) is 24.0 Å². The smallest absolute Gasteiger partial charge is 0.223 e. The molecule has 1 aromatic heterocycles. The fourth-order valence-corrected chi connectivity index (χ4v) is 3.17. The first-order valence-electron chi connectivity index (χ1n) is 8.48. The first-order valence-corrected chi connectivity index (χ1v) is 8.48. The van der Waals surface area contributed by atoms with Crippen LogP contribution in [0.5, 0.6) is 0 Å². The Hall–Kier alpha value is -2.47. The molecular weight excluding hydrogens is 321 g/mol. The van der Waals surface area contributed by atoms with Crippen molar-refractivity contribution in [3.8, 4) is 0 Å². The van der Waals surface area contributed by atoms with Gasteiger partial charge in [-0.25, -0.2) is 4.39 Å². The van der Waals surface area contributed by atoms with Gasteiger partial charge in [-0.05, 0) is 36.6 Å². The summed E-state index contributed by atoms with van der Waals surface area (Å²) in [6, 6.07) is 8.05. The van der Waals surface area contributed by atoms with Crippen molar-refractivity contribution in [3.05, 3.63) is 59.7 Å². The standard InChI is InChI=1S/C19H22FN3O2/c20-17-3-1-14(2-4-17)11-22-19(25)15-6-9-23(10-7-15)18-5-8-21-12-16(18)13-24/h1-5,8,12,15,24H,6-7,9-11,13H2,(H,22,25). The van der Waals surface area contributed by atoms with Crippen LogP contribution in [-0.2, 0) is 17.9 Å². The largest absolute Gasteiger partial charge is 0.392 e. The van der Waals surface area contributed by atoms with Gasteiger partial charge in [0.25, 0.3) is 0 Å². The molecule has 0 unspecified atom stereocenters. The number of anilines is 1. The van der Waals surface area contributed by atoms with Gasteiger partial charge in [-0.1, -0.05) is 12.1 Å². The molecule has 2 aromatic rings. The van der Waals surface area contributed by atoms with E-state index in [2.05, 4.69) is 15.2 Å². The van der Waals surface area contributed by atoms with Crippen molar-refractivity contribution in [3.63, 3.8) is 0 Å². The molecule has 2 heterocycles. The average Bonchev–Trinajstić information content (AvgIpc) is 2.67. The number of piperidine rings is 1. The molecule has 0 aliphatic carbocycles. The summed E-state index contributed by atoms with van der Waals surface area (Å²) in [7, 11) is 0. The number of hydrogen-bond donors (Lipinski definition) is 2. The lowest BCUT2D eigenvalue weighted by Gasteiger charge is -2.34. The second kappa shape index (κ2) is 8.07. The third-order valence-corrected chi connectivity index (χ3v) is 4.63. The summed E-state index contributed by atoms with van der Waals surface area (Å²) >= 11 is 0. The fourth-order valence-electron chi connectivity index (χ4n) is 3.17. The molecule has 1 aromatic carbocycles. The Morgan fingerprint density at radius 3 is 2.64 bits per heavy atom. The second-order valence-corrected chi connectivity index (χ2v) is 6.27. The molecule has 2 N–H and O–H groups in total. The zero-order chi connectivity index (χ0) is 17.6. The fraction of sp³-hybridized carbons (Fsp3) is 0.368. The van der Waals surface area contributed by atoms with Crippen molar-refractivity contribution in [2.45, 2.75) is 26.0 Å². The SMILES string of the molecule is O=C(NCc1ccc(F)cc1)C1CCN(c2ccncc2CO)CC1. The van der Waals surface area contributed by atoms with Crippen LogP contribution in [0.25, 0.3) is 0 Å². The van der Waals surface area contributed by atoms with E-state index >= 15 is 0 Å². The summed E-state index contributed by atoms with van der Waals surface area (Å²) in [6.07, 6.45) is 4.93. The quantitative estimate of drug-likeness (QED) is 0.874. The topological polar surface area (TPSA) is 65.5 Å². The maximum absolute atomic E-state index is 12.9. The predicted octanol–water partition coefficient (Wildman–Crippen LogP) is 2.25. The van der Waals surface area contributed by atoms with Crippen LogP contribution in [0.15, 0.2) is 42.7 Å².